The van der Waals surface area contributed by atoms with Crippen molar-refractivity contribution >= 4 is 0 Å². The van der Waals surface area contributed by atoms with Crippen LogP contribution >= 0.6 is 0 Å². The second-order valence-electron chi connectivity index (χ2n) is 5.35. The summed E-state index contributed by atoms with van der Waals surface area (Å²) in [4.78, 5) is 0. The lowest BCUT2D eigenvalue weighted by molar-refractivity contribution is 0.0789. The topological polar surface area (TPSA) is 60.9 Å². The maximum atomic E-state index is 9.63. The van der Waals surface area contributed by atoms with Gasteiger partial charge in [-0.05, 0) is 19.8 Å². The van der Waals surface area contributed by atoms with Gasteiger partial charge in [-0.2, -0.15) is 5.10 Å². The van der Waals surface area contributed by atoms with Crippen molar-refractivity contribution in [2.75, 3.05) is 13.2 Å². The van der Waals surface area contributed by atoms with Crippen LogP contribution in [0.3, 0.4) is 0 Å². The Bertz CT molecular complexity index is 317. The zero-order valence-corrected chi connectivity index (χ0v) is 10.6. The summed E-state index contributed by atoms with van der Waals surface area (Å²) < 4.78 is 0. The summed E-state index contributed by atoms with van der Waals surface area (Å²) in [6.07, 6.45) is 9.89. The molecule has 1 aromatic heterocycles. The third kappa shape index (κ3) is 3.07. The van der Waals surface area contributed by atoms with E-state index in [1.54, 1.807) is 0 Å². The molecular formula is C13H23N3O. The lowest BCUT2D eigenvalue weighted by Gasteiger charge is -2.36. The van der Waals surface area contributed by atoms with E-state index in [4.69, 9.17) is 0 Å². The molecule has 1 aliphatic carbocycles. The Labute approximate surface area is 103 Å². The van der Waals surface area contributed by atoms with Gasteiger partial charge in [-0.25, -0.2) is 0 Å². The molecule has 1 saturated carbocycles. The Morgan fingerprint density at radius 3 is 2.82 bits per heavy atom. The van der Waals surface area contributed by atoms with Gasteiger partial charge in [-0.3, -0.25) is 5.10 Å². The molecule has 1 unspecified atom stereocenters. The summed E-state index contributed by atoms with van der Waals surface area (Å²) >= 11 is 0. The maximum absolute atomic E-state index is 9.63. The van der Waals surface area contributed by atoms with Crippen LogP contribution in [0.2, 0.25) is 0 Å². The first-order valence-corrected chi connectivity index (χ1v) is 6.59. The number of hydrogen-bond donors (Lipinski definition) is 3. The predicted octanol–water partition coefficient (Wildman–Crippen LogP) is 2.00. The number of aliphatic hydroxyl groups excluding tert-OH is 1. The maximum Gasteiger partial charge on any atom is 0.0534 e. The van der Waals surface area contributed by atoms with Gasteiger partial charge < -0.3 is 10.4 Å². The van der Waals surface area contributed by atoms with Crippen molar-refractivity contribution in [3.05, 3.63) is 18.0 Å². The number of nitrogens with one attached hydrogen (secondary N) is 2. The van der Waals surface area contributed by atoms with E-state index in [2.05, 4.69) is 22.4 Å². The van der Waals surface area contributed by atoms with Crippen LogP contribution < -0.4 is 5.32 Å². The lowest BCUT2D eigenvalue weighted by Crippen LogP contribution is -2.39. The summed E-state index contributed by atoms with van der Waals surface area (Å²) in [6.45, 7) is 3.34. The molecule has 96 valence electrons. The lowest BCUT2D eigenvalue weighted by atomic mass is 9.74. The Balaban J connectivity index is 1.87. The average Bonchev–Trinajstić information content (AvgIpc) is 2.91. The quantitative estimate of drug-likeness (QED) is 0.734. The molecule has 17 heavy (non-hydrogen) atoms. The van der Waals surface area contributed by atoms with Gasteiger partial charge in [0.05, 0.1) is 6.20 Å². The van der Waals surface area contributed by atoms with Crippen LogP contribution in [-0.4, -0.2) is 28.5 Å². The average molecular weight is 237 g/mol. The van der Waals surface area contributed by atoms with Gasteiger partial charge in [-0.1, -0.05) is 19.3 Å². The Morgan fingerprint density at radius 2 is 2.24 bits per heavy atom. The SMILES string of the molecule is CC(NCC1(CO)CCCCC1)c1cn[nH]c1. The number of aromatic amines is 1. The monoisotopic (exact) mass is 237 g/mol. The van der Waals surface area contributed by atoms with Crippen molar-refractivity contribution < 1.29 is 5.11 Å². The molecule has 1 fully saturated rings. The molecule has 0 bridgehead atoms. The Morgan fingerprint density at radius 1 is 1.47 bits per heavy atom. The van der Waals surface area contributed by atoms with E-state index < -0.39 is 0 Å². The zero-order valence-electron chi connectivity index (χ0n) is 10.6. The molecular weight excluding hydrogens is 214 g/mol. The van der Waals surface area contributed by atoms with Gasteiger partial charge in [-0.15, -0.1) is 0 Å². The van der Waals surface area contributed by atoms with E-state index in [0.717, 1.165) is 19.4 Å². The molecule has 0 spiro atoms. The highest BCUT2D eigenvalue weighted by atomic mass is 16.3. The molecule has 0 radical (unpaired) electrons. The van der Waals surface area contributed by atoms with Crippen molar-refractivity contribution in [1.29, 1.82) is 0 Å². The smallest absolute Gasteiger partial charge is 0.0534 e. The number of hydrogen-bond acceptors (Lipinski definition) is 3. The molecule has 0 aromatic carbocycles. The molecule has 4 nitrogen and oxygen atoms in total. The molecule has 3 N–H and O–H groups in total. The van der Waals surface area contributed by atoms with E-state index in [9.17, 15) is 5.11 Å². The van der Waals surface area contributed by atoms with Gasteiger partial charge in [0.2, 0.25) is 0 Å². The fourth-order valence-electron chi connectivity index (χ4n) is 2.68. The molecule has 4 heteroatoms. The molecule has 1 aliphatic rings. The van der Waals surface area contributed by atoms with Crippen LogP contribution in [0.25, 0.3) is 0 Å². The number of rotatable bonds is 5. The van der Waals surface area contributed by atoms with Crippen LogP contribution in [0.1, 0.15) is 50.6 Å². The highest BCUT2D eigenvalue weighted by Crippen LogP contribution is 2.35. The van der Waals surface area contributed by atoms with Crippen LogP contribution in [0.4, 0.5) is 0 Å². The minimum atomic E-state index is 0.107. The van der Waals surface area contributed by atoms with Crippen molar-refractivity contribution in [2.24, 2.45) is 5.41 Å². The molecule has 1 aromatic rings. The first-order valence-electron chi connectivity index (χ1n) is 6.59. The summed E-state index contributed by atoms with van der Waals surface area (Å²) in [6, 6.07) is 0.291. The van der Waals surface area contributed by atoms with Crippen LogP contribution in [0.15, 0.2) is 12.4 Å². The molecule has 0 saturated heterocycles. The largest absolute Gasteiger partial charge is 0.396 e. The fourth-order valence-corrected chi connectivity index (χ4v) is 2.68. The highest BCUT2D eigenvalue weighted by Gasteiger charge is 2.31. The summed E-state index contributed by atoms with van der Waals surface area (Å²) in [5.41, 5.74) is 1.28. The second kappa shape index (κ2) is 5.65. The van der Waals surface area contributed by atoms with E-state index in [1.165, 1.54) is 24.8 Å². The molecule has 1 atom stereocenters. The minimum Gasteiger partial charge on any atom is -0.396 e. The normalized spacial score (nSPS) is 21.3. The van der Waals surface area contributed by atoms with Crippen molar-refractivity contribution in [3.63, 3.8) is 0 Å². The zero-order chi connectivity index (χ0) is 12.1. The summed E-state index contributed by atoms with van der Waals surface area (Å²) in [5.74, 6) is 0. The van der Waals surface area contributed by atoms with Gasteiger partial charge in [0, 0.05) is 36.4 Å². The predicted molar refractivity (Wildman–Crippen MR) is 67.6 cm³/mol. The third-order valence-electron chi connectivity index (χ3n) is 4.05. The first kappa shape index (κ1) is 12.6. The first-order chi connectivity index (χ1) is 8.26. The van der Waals surface area contributed by atoms with Crippen molar-refractivity contribution in [1.82, 2.24) is 15.5 Å². The molecule has 0 aliphatic heterocycles. The fraction of sp³-hybridized carbons (Fsp3) is 0.769. The number of aliphatic hydroxyl groups is 1. The minimum absolute atomic E-state index is 0.107. The van der Waals surface area contributed by atoms with Crippen molar-refractivity contribution in [2.45, 2.75) is 45.1 Å². The third-order valence-corrected chi connectivity index (χ3v) is 4.05. The standard InChI is InChI=1S/C13H23N3O/c1-11(12-7-15-16-8-12)14-9-13(10-17)5-3-2-4-6-13/h7-8,11,14,17H,2-6,9-10H2,1H3,(H,15,16). The van der Waals surface area contributed by atoms with E-state index >= 15 is 0 Å². The molecule has 0 amide bonds. The number of aromatic nitrogens is 2. The number of H-pyrrole nitrogens is 1. The second-order valence-corrected chi connectivity index (χ2v) is 5.35. The van der Waals surface area contributed by atoms with Crippen LogP contribution in [0, 0.1) is 5.41 Å². The number of nitrogens with zero attached hydrogens (tertiary/aromatic N) is 1. The van der Waals surface area contributed by atoms with E-state index in [-0.39, 0.29) is 5.41 Å². The van der Waals surface area contributed by atoms with Gasteiger partial charge in [0.1, 0.15) is 0 Å². The van der Waals surface area contributed by atoms with E-state index in [1.807, 2.05) is 12.4 Å². The van der Waals surface area contributed by atoms with E-state index in [0.29, 0.717) is 12.6 Å². The van der Waals surface area contributed by atoms with Gasteiger partial charge >= 0.3 is 0 Å². The van der Waals surface area contributed by atoms with Crippen LogP contribution in [0.5, 0.6) is 0 Å². The summed E-state index contributed by atoms with van der Waals surface area (Å²) in [5, 5.41) is 19.9. The van der Waals surface area contributed by atoms with Gasteiger partial charge in [0.25, 0.3) is 0 Å². The van der Waals surface area contributed by atoms with Crippen LogP contribution in [-0.2, 0) is 0 Å². The van der Waals surface area contributed by atoms with Crippen molar-refractivity contribution in [3.8, 4) is 0 Å². The molecule has 1 heterocycles. The Hall–Kier alpha value is -0.870. The Kier molecular flexibility index (Phi) is 4.18. The molecule has 2 rings (SSSR count). The summed E-state index contributed by atoms with van der Waals surface area (Å²) in [7, 11) is 0. The highest BCUT2D eigenvalue weighted by molar-refractivity contribution is 5.08. The van der Waals surface area contributed by atoms with Gasteiger partial charge in [0.15, 0.2) is 0 Å².